The van der Waals surface area contributed by atoms with Gasteiger partial charge < -0.3 is 18.9 Å². The Morgan fingerprint density at radius 3 is 2.31 bits per heavy atom. The second-order valence-corrected chi connectivity index (χ2v) is 4.31. The molecule has 16 heavy (non-hydrogen) atoms. The molecule has 4 nitrogen and oxygen atoms in total. The van der Waals surface area contributed by atoms with Gasteiger partial charge in [0.15, 0.2) is 11.6 Å². The topological polar surface area (TPSA) is 36.9 Å². The van der Waals surface area contributed by atoms with E-state index in [1.807, 2.05) is 0 Å². The predicted molar refractivity (Wildman–Crippen MR) is 61.2 cm³/mol. The molecule has 96 valence electrons. The maximum absolute atomic E-state index is 5.79. The smallest absolute Gasteiger partial charge is 0.174 e. The molecule has 0 saturated carbocycles. The van der Waals surface area contributed by atoms with Crippen LogP contribution in [0.2, 0.25) is 0 Å². The molecule has 1 aliphatic rings. The Balaban J connectivity index is 2.70. The number of hydrogen-bond donors (Lipinski definition) is 0. The summed E-state index contributed by atoms with van der Waals surface area (Å²) in [6.07, 6.45) is 4.47. The molecule has 0 amide bonds. The van der Waals surface area contributed by atoms with Gasteiger partial charge in [0.2, 0.25) is 0 Å². The van der Waals surface area contributed by atoms with Crippen molar-refractivity contribution in [1.29, 1.82) is 0 Å². The van der Waals surface area contributed by atoms with Gasteiger partial charge in [0.1, 0.15) is 0 Å². The van der Waals surface area contributed by atoms with E-state index in [9.17, 15) is 0 Å². The molecule has 0 aliphatic carbocycles. The van der Waals surface area contributed by atoms with Crippen molar-refractivity contribution >= 4 is 0 Å². The molecule has 0 radical (unpaired) electrons. The van der Waals surface area contributed by atoms with Crippen molar-refractivity contribution < 1.29 is 18.9 Å². The Morgan fingerprint density at radius 1 is 1.12 bits per heavy atom. The average molecular weight is 232 g/mol. The van der Waals surface area contributed by atoms with Crippen LogP contribution in [0.25, 0.3) is 0 Å². The highest BCUT2D eigenvalue weighted by molar-refractivity contribution is 4.85. The van der Waals surface area contributed by atoms with E-state index < -0.39 is 11.6 Å². The van der Waals surface area contributed by atoms with Crippen LogP contribution < -0.4 is 0 Å². The van der Waals surface area contributed by atoms with Gasteiger partial charge in [-0.15, -0.1) is 0 Å². The zero-order chi connectivity index (χ0) is 12.1. The highest BCUT2D eigenvalue weighted by Gasteiger charge is 2.46. The minimum absolute atomic E-state index is 0.541. The summed E-state index contributed by atoms with van der Waals surface area (Å²) >= 11 is 0. The quantitative estimate of drug-likeness (QED) is 0.659. The van der Waals surface area contributed by atoms with E-state index in [0.29, 0.717) is 13.0 Å². The lowest BCUT2D eigenvalue weighted by molar-refractivity contribution is -0.338. The molecule has 1 saturated heterocycles. The molecule has 1 fully saturated rings. The highest BCUT2D eigenvalue weighted by Crippen LogP contribution is 2.38. The Kier molecular flexibility index (Phi) is 5.18. The van der Waals surface area contributed by atoms with Crippen LogP contribution in [0.5, 0.6) is 0 Å². The van der Waals surface area contributed by atoms with Crippen molar-refractivity contribution in [2.75, 3.05) is 27.9 Å². The third kappa shape index (κ3) is 2.94. The summed E-state index contributed by atoms with van der Waals surface area (Å²) in [5.74, 6) is -1.09. The molecule has 0 spiro atoms. The van der Waals surface area contributed by atoms with Gasteiger partial charge in [-0.25, -0.2) is 0 Å². The van der Waals surface area contributed by atoms with Crippen molar-refractivity contribution in [1.82, 2.24) is 0 Å². The van der Waals surface area contributed by atoms with Crippen LogP contribution in [0.4, 0.5) is 0 Å². The summed E-state index contributed by atoms with van der Waals surface area (Å²) in [7, 11) is 5.04. The highest BCUT2D eigenvalue weighted by atomic mass is 16.7. The van der Waals surface area contributed by atoms with E-state index in [-0.39, 0.29) is 0 Å². The van der Waals surface area contributed by atoms with E-state index in [0.717, 1.165) is 25.7 Å². The second-order valence-electron chi connectivity index (χ2n) is 4.31. The van der Waals surface area contributed by atoms with Gasteiger partial charge in [0.05, 0.1) is 13.0 Å². The summed E-state index contributed by atoms with van der Waals surface area (Å²) in [5.41, 5.74) is 0. The Labute approximate surface area is 98.2 Å². The van der Waals surface area contributed by atoms with Crippen LogP contribution in [0.1, 0.15) is 39.0 Å². The number of hydrogen-bond acceptors (Lipinski definition) is 4. The van der Waals surface area contributed by atoms with Crippen LogP contribution in [-0.4, -0.2) is 39.5 Å². The lowest BCUT2D eigenvalue weighted by Crippen LogP contribution is -2.52. The molecule has 1 rings (SSSR count). The van der Waals surface area contributed by atoms with Gasteiger partial charge in [-0.05, 0) is 6.42 Å². The first-order chi connectivity index (χ1) is 7.66. The number of unbranched alkanes of at least 4 members (excludes halogenated alkanes) is 1. The van der Waals surface area contributed by atoms with Gasteiger partial charge in [-0.3, -0.25) is 0 Å². The molecule has 0 aromatic heterocycles. The first-order valence-electron chi connectivity index (χ1n) is 5.95. The lowest BCUT2D eigenvalue weighted by Gasteiger charge is -2.45. The van der Waals surface area contributed by atoms with E-state index in [4.69, 9.17) is 18.9 Å². The third-order valence-corrected chi connectivity index (χ3v) is 3.41. The van der Waals surface area contributed by atoms with Crippen molar-refractivity contribution in [3.8, 4) is 0 Å². The maximum Gasteiger partial charge on any atom is 0.174 e. The van der Waals surface area contributed by atoms with E-state index in [1.165, 1.54) is 0 Å². The SMILES string of the molecule is CCCCC1(OC)CC(OC)(OC)CCO1. The molecule has 1 aliphatic heterocycles. The molecular weight excluding hydrogens is 208 g/mol. The predicted octanol–water partition coefficient (Wildman–Crippen LogP) is 2.32. The minimum atomic E-state index is -0.554. The van der Waals surface area contributed by atoms with Crippen LogP contribution >= 0.6 is 0 Å². The first kappa shape index (κ1) is 13.9. The first-order valence-corrected chi connectivity index (χ1v) is 5.95. The van der Waals surface area contributed by atoms with Crippen LogP contribution in [0, 0.1) is 0 Å². The van der Waals surface area contributed by atoms with Gasteiger partial charge in [0.25, 0.3) is 0 Å². The van der Waals surface area contributed by atoms with Crippen molar-refractivity contribution in [2.45, 2.75) is 50.6 Å². The van der Waals surface area contributed by atoms with Crippen LogP contribution in [0.3, 0.4) is 0 Å². The van der Waals surface area contributed by atoms with Crippen LogP contribution in [0.15, 0.2) is 0 Å². The Hall–Kier alpha value is -0.160. The van der Waals surface area contributed by atoms with Gasteiger partial charge in [0, 0.05) is 34.2 Å². The van der Waals surface area contributed by atoms with Gasteiger partial charge in [-0.1, -0.05) is 13.3 Å². The molecule has 0 aromatic carbocycles. The number of ether oxygens (including phenoxy) is 4. The Bertz CT molecular complexity index is 203. The van der Waals surface area contributed by atoms with E-state index in [2.05, 4.69) is 6.92 Å². The second kappa shape index (κ2) is 5.96. The number of methoxy groups -OCH3 is 3. The molecular formula is C12H24O4. The molecule has 1 unspecified atom stereocenters. The Morgan fingerprint density at radius 2 is 1.81 bits per heavy atom. The summed E-state index contributed by atoms with van der Waals surface area (Å²) in [5, 5.41) is 0. The molecule has 0 aromatic rings. The maximum atomic E-state index is 5.79. The molecule has 0 bridgehead atoms. The summed E-state index contributed by atoms with van der Waals surface area (Å²) < 4.78 is 22.3. The van der Waals surface area contributed by atoms with E-state index >= 15 is 0 Å². The lowest BCUT2D eigenvalue weighted by atomic mass is 9.94. The minimum Gasteiger partial charge on any atom is -0.353 e. The van der Waals surface area contributed by atoms with E-state index in [1.54, 1.807) is 21.3 Å². The zero-order valence-electron chi connectivity index (χ0n) is 10.9. The molecule has 1 heterocycles. The standard InChI is InChI=1S/C12H24O4/c1-5-6-7-12(15-4)10-11(13-2,14-3)8-9-16-12/h5-10H2,1-4H3. The van der Waals surface area contributed by atoms with Crippen LogP contribution in [-0.2, 0) is 18.9 Å². The average Bonchev–Trinajstić information content (AvgIpc) is 2.36. The largest absolute Gasteiger partial charge is 0.353 e. The van der Waals surface area contributed by atoms with Gasteiger partial charge in [-0.2, -0.15) is 0 Å². The molecule has 1 atom stereocenters. The molecule has 4 heteroatoms. The number of rotatable bonds is 6. The normalized spacial score (nSPS) is 29.2. The summed E-state index contributed by atoms with van der Waals surface area (Å²) in [6.45, 7) is 2.77. The van der Waals surface area contributed by atoms with Crippen molar-refractivity contribution in [3.63, 3.8) is 0 Å². The monoisotopic (exact) mass is 232 g/mol. The fraction of sp³-hybridized carbons (Fsp3) is 1.00. The summed E-state index contributed by atoms with van der Waals surface area (Å²) in [4.78, 5) is 0. The molecule has 0 N–H and O–H groups in total. The van der Waals surface area contributed by atoms with Crippen molar-refractivity contribution in [2.24, 2.45) is 0 Å². The van der Waals surface area contributed by atoms with Crippen molar-refractivity contribution in [3.05, 3.63) is 0 Å². The third-order valence-electron chi connectivity index (χ3n) is 3.41. The zero-order valence-corrected chi connectivity index (χ0v) is 10.9. The summed E-state index contributed by atoms with van der Waals surface area (Å²) in [6, 6.07) is 0. The fourth-order valence-electron chi connectivity index (χ4n) is 2.21. The van der Waals surface area contributed by atoms with Gasteiger partial charge >= 0.3 is 0 Å². The fourth-order valence-corrected chi connectivity index (χ4v) is 2.21.